The van der Waals surface area contributed by atoms with Crippen molar-refractivity contribution in [2.45, 2.75) is 57.5 Å². The summed E-state index contributed by atoms with van der Waals surface area (Å²) in [5.41, 5.74) is 0.646. The van der Waals surface area contributed by atoms with E-state index < -0.39 is 5.60 Å². The second-order valence-corrected chi connectivity index (χ2v) is 6.93. The maximum absolute atomic E-state index is 10.9. The van der Waals surface area contributed by atoms with Crippen LogP contribution in [0, 0.1) is 5.92 Å². The van der Waals surface area contributed by atoms with Crippen molar-refractivity contribution in [2.24, 2.45) is 5.92 Å². The lowest BCUT2D eigenvalue weighted by molar-refractivity contribution is 0.0241. The van der Waals surface area contributed by atoms with Crippen LogP contribution in [0.3, 0.4) is 0 Å². The molecule has 1 N–H and O–H groups in total. The molecular weight excluding hydrogens is 316 g/mol. The SMILES string of the molecule is CCC1CCCC(O)(Cc2ccc(OC)c(Br)c2)CC1. The summed E-state index contributed by atoms with van der Waals surface area (Å²) in [6, 6.07) is 6.09. The molecule has 2 nitrogen and oxygen atoms in total. The molecule has 0 heterocycles. The van der Waals surface area contributed by atoms with E-state index in [0.717, 1.165) is 48.2 Å². The first-order valence-electron chi connectivity index (χ1n) is 7.61. The standard InChI is InChI=1S/C17H25BrO2/c1-3-13-5-4-9-17(19,10-8-13)12-14-6-7-16(20-2)15(18)11-14/h6-7,11,13,19H,3-5,8-10,12H2,1-2H3. The molecule has 0 amide bonds. The van der Waals surface area contributed by atoms with Gasteiger partial charge in [-0.15, -0.1) is 0 Å². The van der Waals surface area contributed by atoms with Crippen molar-refractivity contribution in [3.05, 3.63) is 28.2 Å². The second-order valence-electron chi connectivity index (χ2n) is 6.08. The highest BCUT2D eigenvalue weighted by Crippen LogP contribution is 2.35. The van der Waals surface area contributed by atoms with E-state index in [-0.39, 0.29) is 0 Å². The molecule has 20 heavy (non-hydrogen) atoms. The molecule has 0 spiro atoms. The number of ether oxygens (including phenoxy) is 1. The van der Waals surface area contributed by atoms with Crippen molar-refractivity contribution in [3.8, 4) is 5.75 Å². The molecule has 2 atom stereocenters. The molecule has 1 aromatic rings. The van der Waals surface area contributed by atoms with Crippen LogP contribution in [-0.2, 0) is 6.42 Å². The Morgan fingerprint density at radius 1 is 1.35 bits per heavy atom. The Labute approximate surface area is 130 Å². The van der Waals surface area contributed by atoms with E-state index >= 15 is 0 Å². The molecule has 1 aliphatic carbocycles. The van der Waals surface area contributed by atoms with Crippen LogP contribution in [0.4, 0.5) is 0 Å². The fourth-order valence-electron chi connectivity index (χ4n) is 3.25. The summed E-state index contributed by atoms with van der Waals surface area (Å²) >= 11 is 3.52. The number of hydrogen-bond donors (Lipinski definition) is 1. The average molecular weight is 341 g/mol. The van der Waals surface area contributed by atoms with Gasteiger partial charge in [-0.25, -0.2) is 0 Å². The van der Waals surface area contributed by atoms with Gasteiger partial charge in [0.1, 0.15) is 5.75 Å². The maximum atomic E-state index is 10.9. The zero-order valence-electron chi connectivity index (χ0n) is 12.5. The summed E-state index contributed by atoms with van der Waals surface area (Å²) < 4.78 is 6.21. The van der Waals surface area contributed by atoms with E-state index in [1.165, 1.54) is 18.4 Å². The van der Waals surface area contributed by atoms with Gasteiger partial charge in [-0.3, -0.25) is 0 Å². The normalized spacial score (nSPS) is 27.1. The van der Waals surface area contributed by atoms with Gasteiger partial charge < -0.3 is 9.84 Å². The molecule has 2 rings (SSSR count). The topological polar surface area (TPSA) is 29.5 Å². The second kappa shape index (κ2) is 6.95. The van der Waals surface area contributed by atoms with Crippen molar-refractivity contribution in [1.82, 2.24) is 0 Å². The smallest absolute Gasteiger partial charge is 0.133 e. The molecule has 0 bridgehead atoms. The minimum Gasteiger partial charge on any atom is -0.496 e. The van der Waals surface area contributed by atoms with Crippen LogP contribution in [0.2, 0.25) is 0 Å². The highest BCUT2D eigenvalue weighted by Gasteiger charge is 2.30. The highest BCUT2D eigenvalue weighted by atomic mass is 79.9. The van der Waals surface area contributed by atoms with Crippen LogP contribution < -0.4 is 4.74 Å². The van der Waals surface area contributed by atoms with Gasteiger partial charge in [-0.1, -0.05) is 32.3 Å². The molecule has 112 valence electrons. The van der Waals surface area contributed by atoms with Crippen molar-refractivity contribution < 1.29 is 9.84 Å². The molecule has 1 aromatic carbocycles. The first kappa shape index (κ1) is 15.8. The Balaban J connectivity index is 2.06. The van der Waals surface area contributed by atoms with E-state index in [2.05, 4.69) is 35.0 Å². The van der Waals surface area contributed by atoms with Crippen molar-refractivity contribution in [2.75, 3.05) is 7.11 Å². The molecule has 0 radical (unpaired) electrons. The molecule has 1 saturated carbocycles. The Kier molecular flexibility index (Phi) is 5.50. The van der Waals surface area contributed by atoms with E-state index in [9.17, 15) is 5.11 Å². The minimum absolute atomic E-state index is 0.530. The molecular formula is C17H25BrO2. The summed E-state index contributed by atoms with van der Waals surface area (Å²) in [4.78, 5) is 0. The lowest BCUT2D eigenvalue weighted by Gasteiger charge is -2.27. The van der Waals surface area contributed by atoms with Gasteiger partial charge in [0.25, 0.3) is 0 Å². The van der Waals surface area contributed by atoms with E-state index in [1.807, 2.05) is 6.07 Å². The van der Waals surface area contributed by atoms with Gasteiger partial charge in [0.15, 0.2) is 0 Å². The third kappa shape index (κ3) is 3.98. The first-order chi connectivity index (χ1) is 9.56. The molecule has 0 saturated heterocycles. The van der Waals surface area contributed by atoms with Crippen molar-refractivity contribution in [1.29, 1.82) is 0 Å². The van der Waals surface area contributed by atoms with Crippen LogP contribution in [0.25, 0.3) is 0 Å². The molecule has 1 aliphatic rings. The number of methoxy groups -OCH3 is 1. The highest BCUT2D eigenvalue weighted by molar-refractivity contribution is 9.10. The van der Waals surface area contributed by atoms with Crippen LogP contribution >= 0.6 is 15.9 Å². The number of halogens is 1. The Bertz CT molecular complexity index is 447. The van der Waals surface area contributed by atoms with Crippen LogP contribution in [0.15, 0.2) is 22.7 Å². The third-order valence-corrected chi connectivity index (χ3v) is 5.22. The summed E-state index contributed by atoms with van der Waals surface area (Å²) in [6.45, 7) is 2.26. The van der Waals surface area contributed by atoms with Crippen LogP contribution in [0.5, 0.6) is 5.75 Å². The number of rotatable bonds is 4. The van der Waals surface area contributed by atoms with Gasteiger partial charge in [-0.05, 0) is 58.8 Å². The van der Waals surface area contributed by atoms with Gasteiger partial charge in [-0.2, -0.15) is 0 Å². The zero-order valence-corrected chi connectivity index (χ0v) is 14.1. The summed E-state index contributed by atoms with van der Waals surface area (Å²) in [5, 5.41) is 10.9. The molecule has 2 unspecified atom stereocenters. The molecule has 0 aromatic heterocycles. The van der Waals surface area contributed by atoms with Gasteiger partial charge in [0, 0.05) is 6.42 Å². The Hall–Kier alpha value is -0.540. The summed E-state index contributed by atoms with van der Waals surface area (Å²) in [6.07, 6.45) is 7.40. The number of aliphatic hydroxyl groups is 1. The molecule has 0 aliphatic heterocycles. The minimum atomic E-state index is -0.530. The van der Waals surface area contributed by atoms with Crippen LogP contribution in [-0.4, -0.2) is 17.8 Å². The van der Waals surface area contributed by atoms with Gasteiger partial charge >= 0.3 is 0 Å². The van der Waals surface area contributed by atoms with Crippen LogP contribution in [0.1, 0.15) is 51.0 Å². The monoisotopic (exact) mass is 340 g/mol. The fraction of sp³-hybridized carbons (Fsp3) is 0.647. The fourth-order valence-corrected chi connectivity index (χ4v) is 3.83. The summed E-state index contributed by atoms with van der Waals surface area (Å²) in [5.74, 6) is 1.64. The predicted molar refractivity (Wildman–Crippen MR) is 86.2 cm³/mol. The van der Waals surface area contributed by atoms with Crippen molar-refractivity contribution in [3.63, 3.8) is 0 Å². The maximum Gasteiger partial charge on any atom is 0.133 e. The van der Waals surface area contributed by atoms with E-state index in [0.29, 0.717) is 0 Å². The Morgan fingerprint density at radius 2 is 2.15 bits per heavy atom. The quantitative estimate of drug-likeness (QED) is 0.803. The average Bonchev–Trinajstić information content (AvgIpc) is 2.61. The third-order valence-electron chi connectivity index (χ3n) is 4.60. The predicted octanol–water partition coefficient (Wildman–Crippen LogP) is 4.72. The number of hydrogen-bond acceptors (Lipinski definition) is 2. The first-order valence-corrected chi connectivity index (χ1v) is 8.40. The molecule has 3 heteroatoms. The Morgan fingerprint density at radius 3 is 2.80 bits per heavy atom. The van der Waals surface area contributed by atoms with Crippen molar-refractivity contribution >= 4 is 15.9 Å². The number of benzene rings is 1. The van der Waals surface area contributed by atoms with Gasteiger partial charge in [0.2, 0.25) is 0 Å². The lowest BCUT2D eigenvalue weighted by Crippen LogP contribution is -2.30. The molecule has 1 fully saturated rings. The lowest BCUT2D eigenvalue weighted by atomic mass is 9.87. The van der Waals surface area contributed by atoms with E-state index in [4.69, 9.17) is 4.74 Å². The largest absolute Gasteiger partial charge is 0.496 e. The summed E-state index contributed by atoms with van der Waals surface area (Å²) in [7, 11) is 1.67. The van der Waals surface area contributed by atoms with E-state index in [1.54, 1.807) is 7.11 Å². The van der Waals surface area contributed by atoms with Gasteiger partial charge in [0.05, 0.1) is 17.2 Å². The zero-order chi connectivity index (χ0) is 14.6.